The van der Waals surface area contributed by atoms with E-state index in [4.69, 9.17) is 16.4 Å². The van der Waals surface area contributed by atoms with Crippen LogP contribution in [0.1, 0.15) is 0 Å². The molecule has 0 fully saturated rings. The summed E-state index contributed by atoms with van der Waals surface area (Å²) in [6, 6.07) is 3.42. The molecule has 0 saturated carbocycles. The lowest BCUT2D eigenvalue weighted by Gasteiger charge is -2.14. The van der Waals surface area contributed by atoms with Gasteiger partial charge in [0.25, 0.3) is 0 Å². The first-order valence-electron chi connectivity index (χ1n) is 4.03. The summed E-state index contributed by atoms with van der Waals surface area (Å²) >= 11 is 0. The summed E-state index contributed by atoms with van der Waals surface area (Å²) < 4.78 is 1.71. The Bertz CT molecular complexity index is 334. The highest BCUT2D eigenvalue weighted by atomic mass is 16.7. The molecule has 0 unspecified atom stereocenters. The maximum absolute atomic E-state index is 5.64. The second kappa shape index (κ2) is 4.43. The molecule has 0 aliphatic carbocycles. The minimum absolute atomic E-state index is 0.380. The predicted molar refractivity (Wildman–Crippen MR) is 54.6 cm³/mol. The number of aromatic nitrogens is 1. The molecular weight excluding hydrogens is 182 g/mol. The molecule has 6 heteroatoms. The summed E-state index contributed by atoms with van der Waals surface area (Å²) in [6.45, 7) is 0. The van der Waals surface area contributed by atoms with Gasteiger partial charge in [-0.2, -0.15) is 0 Å². The number of rotatable bonds is 3. The van der Waals surface area contributed by atoms with Crippen LogP contribution in [0.5, 0.6) is 0 Å². The third-order valence-electron chi connectivity index (χ3n) is 1.40. The van der Waals surface area contributed by atoms with Gasteiger partial charge in [-0.3, -0.25) is 0 Å². The molecule has 1 rings (SSSR count). The van der Waals surface area contributed by atoms with Crippen molar-refractivity contribution >= 4 is 17.9 Å². The highest BCUT2D eigenvalue weighted by Gasteiger charge is 2.07. The normalized spacial score (nSPS) is 9.36. The van der Waals surface area contributed by atoms with Gasteiger partial charge in [-0.25, -0.2) is 15.4 Å². The quantitative estimate of drug-likeness (QED) is 0.225. The lowest BCUT2D eigenvalue weighted by Crippen LogP contribution is -2.33. The molecule has 4 N–H and O–H groups in total. The lowest BCUT2D eigenvalue weighted by atomic mass is 10.4. The zero-order valence-electron chi connectivity index (χ0n) is 8.21. The van der Waals surface area contributed by atoms with E-state index < -0.39 is 0 Å². The van der Waals surface area contributed by atoms with Gasteiger partial charge in [0.1, 0.15) is 14.1 Å². The first-order valence-corrected chi connectivity index (χ1v) is 4.03. The number of hydrogen-bond donors (Lipinski definition) is 2. The van der Waals surface area contributed by atoms with Crippen LogP contribution in [-0.4, -0.2) is 30.1 Å². The summed E-state index contributed by atoms with van der Waals surface area (Å²) in [5, 5.41) is 1.01. The molecule has 0 amide bonds. The van der Waals surface area contributed by atoms with E-state index in [1.807, 2.05) is 14.1 Å². The summed E-state index contributed by atoms with van der Waals surface area (Å²) in [4.78, 5) is 9.01. The second-order valence-corrected chi connectivity index (χ2v) is 2.92. The molecule has 0 saturated heterocycles. The Morgan fingerprint density at radius 1 is 1.57 bits per heavy atom. The Labute approximate surface area is 82.3 Å². The van der Waals surface area contributed by atoms with Crippen LogP contribution >= 0.6 is 0 Å². The lowest BCUT2D eigenvalue weighted by molar-refractivity contribution is -0.468. The summed E-state index contributed by atoms with van der Waals surface area (Å²) in [6.07, 6.45) is 3.03. The van der Waals surface area contributed by atoms with E-state index in [1.54, 1.807) is 22.9 Å². The van der Waals surface area contributed by atoms with Crippen LogP contribution in [0.25, 0.3) is 0 Å². The molecule has 76 valence electrons. The fourth-order valence-electron chi connectivity index (χ4n) is 0.789. The molecule has 0 aromatic carbocycles. The molecule has 6 nitrogen and oxygen atoms in total. The van der Waals surface area contributed by atoms with Crippen LogP contribution in [0, 0.1) is 0 Å². The van der Waals surface area contributed by atoms with Gasteiger partial charge in [0.05, 0.1) is 5.69 Å². The van der Waals surface area contributed by atoms with Gasteiger partial charge in [-0.15, -0.1) is 5.17 Å². The van der Waals surface area contributed by atoms with Crippen molar-refractivity contribution in [3.8, 4) is 0 Å². The number of nitrogens with zero attached hydrogens (tertiary/aromatic N) is 3. The fraction of sp³-hybridized carbons (Fsp3) is 0.250. The molecule has 1 heterocycles. The maximum Gasteiger partial charge on any atom is 0.350 e. The molecular formula is C8H14N5O+. The van der Waals surface area contributed by atoms with E-state index in [1.165, 1.54) is 6.40 Å². The van der Waals surface area contributed by atoms with Crippen LogP contribution in [0.2, 0.25) is 0 Å². The number of hydrazine groups is 1. The number of anilines is 2. The van der Waals surface area contributed by atoms with Crippen LogP contribution < -0.4 is 16.7 Å². The average molecular weight is 196 g/mol. The van der Waals surface area contributed by atoms with Gasteiger partial charge in [0.2, 0.25) is 5.82 Å². The van der Waals surface area contributed by atoms with Gasteiger partial charge in [-0.05, 0) is 12.1 Å². The van der Waals surface area contributed by atoms with Crippen molar-refractivity contribution in [2.24, 2.45) is 5.84 Å². The average Bonchev–Trinajstić information content (AvgIpc) is 2.15. The smallest absolute Gasteiger partial charge is 0.350 e. The third kappa shape index (κ3) is 2.60. The van der Waals surface area contributed by atoms with E-state index in [0.717, 1.165) is 5.17 Å². The van der Waals surface area contributed by atoms with Crippen molar-refractivity contribution in [1.82, 2.24) is 4.98 Å². The van der Waals surface area contributed by atoms with Gasteiger partial charge < -0.3 is 10.6 Å². The molecule has 0 spiro atoms. The van der Waals surface area contributed by atoms with Gasteiger partial charge in [0.15, 0.2) is 0 Å². The van der Waals surface area contributed by atoms with Crippen molar-refractivity contribution in [3.63, 3.8) is 0 Å². The Hall–Kier alpha value is -1.82. The standard InChI is InChI=1S/C8H14N5O/c1-12(2)6-14-13(10)8-7(9)4-3-5-11-8/h3-6H,9-10H2,1-2H3/q+1. The van der Waals surface area contributed by atoms with Crippen LogP contribution in [0.15, 0.2) is 18.3 Å². The Balaban J connectivity index is 2.74. The Morgan fingerprint density at radius 2 is 2.29 bits per heavy atom. The van der Waals surface area contributed by atoms with E-state index >= 15 is 0 Å². The number of pyridine rings is 1. The van der Waals surface area contributed by atoms with Crippen LogP contribution in [0.4, 0.5) is 11.5 Å². The van der Waals surface area contributed by atoms with Crippen molar-refractivity contribution in [3.05, 3.63) is 18.3 Å². The van der Waals surface area contributed by atoms with E-state index in [9.17, 15) is 0 Å². The monoisotopic (exact) mass is 196 g/mol. The fourth-order valence-corrected chi connectivity index (χ4v) is 0.789. The van der Waals surface area contributed by atoms with Crippen LogP contribution in [-0.2, 0) is 4.84 Å². The molecule has 0 atom stereocenters. The highest BCUT2D eigenvalue weighted by Crippen LogP contribution is 2.15. The van der Waals surface area contributed by atoms with Crippen molar-refractivity contribution in [1.29, 1.82) is 0 Å². The van der Waals surface area contributed by atoms with E-state index in [0.29, 0.717) is 11.5 Å². The molecule has 1 aromatic rings. The summed E-state index contributed by atoms with van der Waals surface area (Å²) in [5.41, 5.74) is 6.10. The van der Waals surface area contributed by atoms with Gasteiger partial charge >= 0.3 is 6.40 Å². The summed E-state index contributed by atoms with van der Waals surface area (Å²) in [5.74, 6) is 5.94. The number of hydrogen-bond acceptors (Lipinski definition) is 5. The predicted octanol–water partition coefficient (Wildman–Crippen LogP) is -0.424. The SMILES string of the molecule is C[N+](C)=CON(N)c1ncccc1N. The first kappa shape index (κ1) is 10.3. The van der Waals surface area contributed by atoms with Gasteiger partial charge in [0, 0.05) is 6.20 Å². The molecule has 0 bridgehead atoms. The van der Waals surface area contributed by atoms with Crippen molar-refractivity contribution in [2.45, 2.75) is 0 Å². The van der Waals surface area contributed by atoms with Crippen molar-refractivity contribution in [2.75, 3.05) is 25.0 Å². The third-order valence-corrected chi connectivity index (χ3v) is 1.40. The molecule has 0 aliphatic rings. The molecule has 0 aliphatic heterocycles. The van der Waals surface area contributed by atoms with E-state index in [2.05, 4.69) is 4.98 Å². The zero-order valence-corrected chi connectivity index (χ0v) is 8.21. The van der Waals surface area contributed by atoms with Crippen molar-refractivity contribution < 1.29 is 9.41 Å². The molecule has 0 radical (unpaired) electrons. The summed E-state index contributed by atoms with van der Waals surface area (Å²) in [7, 11) is 3.63. The van der Waals surface area contributed by atoms with E-state index in [-0.39, 0.29) is 0 Å². The number of nitrogen functional groups attached to an aromatic ring is 1. The zero-order chi connectivity index (χ0) is 10.6. The molecule has 14 heavy (non-hydrogen) atoms. The van der Waals surface area contributed by atoms with Crippen LogP contribution in [0.3, 0.4) is 0 Å². The molecule has 1 aromatic heterocycles. The largest absolute Gasteiger partial charge is 0.396 e. The number of nitrogens with two attached hydrogens (primary N) is 2. The topological polar surface area (TPSA) is 80.4 Å². The first-order chi connectivity index (χ1) is 6.61. The Kier molecular flexibility index (Phi) is 3.24. The minimum Gasteiger partial charge on any atom is -0.396 e. The highest BCUT2D eigenvalue weighted by molar-refractivity contribution is 5.61. The Morgan fingerprint density at radius 3 is 2.86 bits per heavy atom. The minimum atomic E-state index is 0.380. The second-order valence-electron chi connectivity index (χ2n) is 2.92. The van der Waals surface area contributed by atoms with Gasteiger partial charge in [-0.1, -0.05) is 0 Å². The maximum atomic E-state index is 5.64.